The van der Waals surface area contributed by atoms with Gasteiger partial charge in [-0.2, -0.15) is 0 Å². The third-order valence-corrected chi connectivity index (χ3v) is 5.84. The lowest BCUT2D eigenvalue weighted by Gasteiger charge is -2.33. The zero-order valence-electron chi connectivity index (χ0n) is 17.3. The predicted octanol–water partition coefficient (Wildman–Crippen LogP) is 3.87. The van der Waals surface area contributed by atoms with Crippen LogP contribution >= 0.6 is 0 Å². The Kier molecular flexibility index (Phi) is 5.97. The van der Waals surface area contributed by atoms with Gasteiger partial charge < -0.3 is 14.8 Å². The maximum atomic E-state index is 12.8. The first kappa shape index (κ1) is 20.6. The molecule has 1 aliphatic rings. The maximum Gasteiger partial charge on any atom is 0.292 e. The van der Waals surface area contributed by atoms with Gasteiger partial charge in [-0.15, -0.1) is 0 Å². The molecule has 4 rings (SSSR count). The van der Waals surface area contributed by atoms with Crippen molar-refractivity contribution >= 4 is 17.3 Å². The molecule has 1 N–H and O–H groups in total. The summed E-state index contributed by atoms with van der Waals surface area (Å²) in [6.45, 7) is 3.22. The molecule has 3 aromatic rings. The third-order valence-electron chi connectivity index (χ3n) is 5.84. The number of nitro benzene ring substituents is 1. The van der Waals surface area contributed by atoms with Gasteiger partial charge in [0, 0.05) is 43.2 Å². The molecule has 0 spiro atoms. The number of anilines is 1. The third kappa shape index (κ3) is 4.58. The Balaban J connectivity index is 1.33. The van der Waals surface area contributed by atoms with Gasteiger partial charge in [0.25, 0.3) is 5.69 Å². The molecule has 0 saturated carbocycles. The number of nitrogens with zero attached hydrogens (tertiary/aromatic N) is 4. The molecule has 1 saturated heterocycles. The summed E-state index contributed by atoms with van der Waals surface area (Å²) in [7, 11) is 0. The fraction of sp³-hybridized carbons (Fsp3) is 0.304. The molecule has 2 aromatic carbocycles. The number of amides is 1. The van der Waals surface area contributed by atoms with Crippen LogP contribution in [0.5, 0.6) is 0 Å². The summed E-state index contributed by atoms with van der Waals surface area (Å²) in [5.41, 5.74) is 2.78. The minimum absolute atomic E-state index is 0.0356. The van der Waals surface area contributed by atoms with Gasteiger partial charge in [0.1, 0.15) is 5.69 Å². The number of nitrogens with one attached hydrogen (secondary N) is 1. The van der Waals surface area contributed by atoms with Gasteiger partial charge in [-0.25, -0.2) is 4.98 Å². The number of piperidine rings is 1. The molecular formula is C23H25N5O3. The van der Waals surface area contributed by atoms with Crippen LogP contribution < -0.4 is 10.2 Å². The second kappa shape index (κ2) is 8.99. The molecule has 160 valence electrons. The summed E-state index contributed by atoms with van der Waals surface area (Å²) in [5.74, 6) is -0.0555. The lowest BCUT2D eigenvalue weighted by Crippen LogP contribution is -2.41. The van der Waals surface area contributed by atoms with Crippen LogP contribution in [0.15, 0.2) is 67.3 Å². The molecule has 1 fully saturated rings. The SMILES string of the molecule is CC(NC(=O)C1CCN(c2ccccc2[N+](=O)[O-])CC1)c1ccc(-n2ccnc2)cc1. The van der Waals surface area contributed by atoms with Crippen LogP contribution in [0.1, 0.15) is 31.4 Å². The first-order valence-electron chi connectivity index (χ1n) is 10.4. The van der Waals surface area contributed by atoms with Crippen LogP contribution in [0.2, 0.25) is 0 Å². The van der Waals surface area contributed by atoms with E-state index < -0.39 is 0 Å². The van der Waals surface area contributed by atoms with Crippen molar-refractivity contribution in [2.24, 2.45) is 5.92 Å². The smallest absolute Gasteiger partial charge is 0.292 e. The van der Waals surface area contributed by atoms with Gasteiger partial charge in [-0.1, -0.05) is 24.3 Å². The monoisotopic (exact) mass is 419 g/mol. The Hall–Kier alpha value is -3.68. The van der Waals surface area contributed by atoms with Crippen LogP contribution in [0.25, 0.3) is 5.69 Å². The van der Waals surface area contributed by atoms with Crippen LogP contribution in [0.3, 0.4) is 0 Å². The quantitative estimate of drug-likeness (QED) is 0.483. The van der Waals surface area contributed by atoms with E-state index in [2.05, 4.69) is 10.3 Å². The molecule has 1 amide bonds. The fourth-order valence-electron chi connectivity index (χ4n) is 4.03. The summed E-state index contributed by atoms with van der Waals surface area (Å²) in [6, 6.07) is 14.7. The van der Waals surface area contributed by atoms with E-state index in [1.807, 2.05) is 46.9 Å². The first-order valence-corrected chi connectivity index (χ1v) is 10.4. The van der Waals surface area contributed by atoms with Gasteiger partial charge in [0.2, 0.25) is 5.91 Å². The highest BCUT2D eigenvalue weighted by molar-refractivity contribution is 5.79. The molecule has 1 atom stereocenters. The maximum absolute atomic E-state index is 12.8. The second-order valence-corrected chi connectivity index (χ2v) is 7.80. The lowest BCUT2D eigenvalue weighted by molar-refractivity contribution is -0.384. The summed E-state index contributed by atoms with van der Waals surface area (Å²) < 4.78 is 1.93. The van der Waals surface area contributed by atoms with Gasteiger partial charge in [0.05, 0.1) is 17.3 Å². The Morgan fingerprint density at radius 3 is 2.52 bits per heavy atom. The molecule has 0 bridgehead atoms. The number of aromatic nitrogens is 2. The topological polar surface area (TPSA) is 93.3 Å². The standard InChI is InChI=1S/C23H25N5O3/c1-17(18-6-8-20(9-7-18)27-15-12-24-16-27)25-23(29)19-10-13-26(14-11-19)21-4-2-3-5-22(21)28(30)31/h2-9,12,15-17,19H,10-11,13-14H2,1H3,(H,25,29). The van der Waals surface area contributed by atoms with Crippen molar-refractivity contribution in [1.82, 2.24) is 14.9 Å². The van der Waals surface area contributed by atoms with Crippen molar-refractivity contribution in [2.45, 2.75) is 25.8 Å². The molecule has 0 radical (unpaired) electrons. The van der Waals surface area contributed by atoms with Crippen molar-refractivity contribution in [3.8, 4) is 5.69 Å². The van der Waals surface area contributed by atoms with E-state index in [0.717, 1.165) is 11.3 Å². The number of hydrogen-bond donors (Lipinski definition) is 1. The Labute approximate surface area is 180 Å². The van der Waals surface area contributed by atoms with E-state index >= 15 is 0 Å². The molecular weight excluding hydrogens is 394 g/mol. The van der Waals surface area contributed by atoms with Crippen LogP contribution in [0.4, 0.5) is 11.4 Å². The van der Waals surface area contributed by atoms with E-state index in [1.54, 1.807) is 30.7 Å². The number of nitro groups is 1. The predicted molar refractivity (Wildman–Crippen MR) is 118 cm³/mol. The Morgan fingerprint density at radius 1 is 1.16 bits per heavy atom. The van der Waals surface area contributed by atoms with Crippen molar-refractivity contribution in [3.63, 3.8) is 0 Å². The number of hydrogen-bond acceptors (Lipinski definition) is 5. The number of carbonyl (C=O) groups excluding carboxylic acids is 1. The number of imidazole rings is 1. The summed E-state index contributed by atoms with van der Waals surface area (Å²) in [5, 5.41) is 14.4. The lowest BCUT2D eigenvalue weighted by atomic mass is 9.94. The Bertz CT molecular complexity index is 1040. The van der Waals surface area contributed by atoms with E-state index in [-0.39, 0.29) is 28.5 Å². The van der Waals surface area contributed by atoms with Crippen molar-refractivity contribution in [3.05, 3.63) is 82.9 Å². The first-order chi connectivity index (χ1) is 15.0. The highest BCUT2D eigenvalue weighted by atomic mass is 16.6. The Morgan fingerprint density at radius 2 is 1.87 bits per heavy atom. The van der Waals surface area contributed by atoms with Gasteiger partial charge in [0.15, 0.2) is 0 Å². The number of para-hydroxylation sites is 2. The summed E-state index contributed by atoms with van der Waals surface area (Å²) in [6.07, 6.45) is 6.71. The molecule has 8 nitrogen and oxygen atoms in total. The molecule has 1 unspecified atom stereocenters. The van der Waals surface area contributed by atoms with Gasteiger partial charge in [-0.3, -0.25) is 14.9 Å². The van der Waals surface area contributed by atoms with E-state index in [0.29, 0.717) is 31.6 Å². The summed E-state index contributed by atoms with van der Waals surface area (Å²) >= 11 is 0. The number of carbonyl (C=O) groups is 1. The molecule has 1 aromatic heterocycles. The second-order valence-electron chi connectivity index (χ2n) is 7.80. The molecule has 0 aliphatic carbocycles. The van der Waals surface area contributed by atoms with Crippen LogP contribution in [-0.4, -0.2) is 33.5 Å². The molecule has 2 heterocycles. The van der Waals surface area contributed by atoms with Crippen molar-refractivity contribution < 1.29 is 9.72 Å². The molecule has 1 aliphatic heterocycles. The van der Waals surface area contributed by atoms with Crippen molar-refractivity contribution in [1.29, 1.82) is 0 Å². The minimum Gasteiger partial charge on any atom is -0.366 e. The van der Waals surface area contributed by atoms with Gasteiger partial charge >= 0.3 is 0 Å². The van der Waals surface area contributed by atoms with Crippen LogP contribution in [0, 0.1) is 16.0 Å². The highest BCUT2D eigenvalue weighted by Gasteiger charge is 2.28. The number of rotatable bonds is 6. The number of benzene rings is 2. The van der Waals surface area contributed by atoms with Crippen molar-refractivity contribution in [2.75, 3.05) is 18.0 Å². The average molecular weight is 419 g/mol. The highest BCUT2D eigenvalue weighted by Crippen LogP contribution is 2.31. The molecule has 31 heavy (non-hydrogen) atoms. The average Bonchev–Trinajstić information content (AvgIpc) is 3.34. The zero-order chi connectivity index (χ0) is 21.8. The van der Waals surface area contributed by atoms with E-state index in [1.165, 1.54) is 6.07 Å². The zero-order valence-corrected chi connectivity index (χ0v) is 17.3. The van der Waals surface area contributed by atoms with E-state index in [9.17, 15) is 14.9 Å². The van der Waals surface area contributed by atoms with E-state index in [4.69, 9.17) is 0 Å². The van der Waals surface area contributed by atoms with Crippen LogP contribution in [-0.2, 0) is 4.79 Å². The molecule has 8 heteroatoms. The fourth-order valence-corrected chi connectivity index (χ4v) is 4.03. The normalized spacial score (nSPS) is 15.5. The van der Waals surface area contributed by atoms with Gasteiger partial charge in [-0.05, 0) is 43.5 Å². The summed E-state index contributed by atoms with van der Waals surface area (Å²) in [4.78, 5) is 29.8. The largest absolute Gasteiger partial charge is 0.366 e. The minimum atomic E-state index is -0.353.